The van der Waals surface area contributed by atoms with Crippen LogP contribution in [-0.2, 0) is 9.31 Å². The number of hydrogen-bond donors (Lipinski definition) is 0. The first kappa shape index (κ1) is 15.9. The molecule has 5 heteroatoms. The predicted molar refractivity (Wildman–Crippen MR) is 92.8 cm³/mol. The molecule has 1 fully saturated rings. The first-order valence-corrected chi connectivity index (χ1v) is 7.80. The van der Waals surface area contributed by atoms with Gasteiger partial charge in [-0.1, -0.05) is 30.3 Å². The van der Waals surface area contributed by atoms with E-state index in [2.05, 4.69) is 37.9 Å². The highest BCUT2D eigenvalue weighted by Gasteiger charge is 2.51. The number of azo groups is 1. The van der Waals surface area contributed by atoms with Crippen LogP contribution >= 0.6 is 0 Å². The summed E-state index contributed by atoms with van der Waals surface area (Å²) in [4.78, 5) is 0. The molecule has 0 amide bonds. The standard InChI is InChI=1S/C18H21BN2O2/c1-17(2)18(3,4)23-19(22-17)14-10-12-16(13-11-14)21-20-15-8-6-5-7-9-15/h5-13H,1-4H3. The molecular formula is C18H21BN2O2. The molecule has 1 heterocycles. The quantitative estimate of drug-likeness (QED) is 0.623. The van der Waals surface area contributed by atoms with E-state index in [0.29, 0.717) is 0 Å². The van der Waals surface area contributed by atoms with Gasteiger partial charge in [0.25, 0.3) is 0 Å². The summed E-state index contributed by atoms with van der Waals surface area (Å²) in [5.41, 5.74) is 1.96. The summed E-state index contributed by atoms with van der Waals surface area (Å²) < 4.78 is 12.1. The summed E-state index contributed by atoms with van der Waals surface area (Å²) in [6, 6.07) is 17.5. The molecule has 1 aliphatic rings. The molecule has 118 valence electrons. The van der Waals surface area contributed by atoms with Gasteiger partial charge in [0.15, 0.2) is 0 Å². The summed E-state index contributed by atoms with van der Waals surface area (Å²) in [7, 11) is -0.347. The third-order valence-corrected chi connectivity index (χ3v) is 4.46. The Morgan fingerprint density at radius 2 is 1.17 bits per heavy atom. The summed E-state index contributed by atoms with van der Waals surface area (Å²) in [6.07, 6.45) is 0. The molecule has 0 spiro atoms. The van der Waals surface area contributed by atoms with Gasteiger partial charge in [-0.3, -0.25) is 0 Å². The zero-order chi connectivity index (χ0) is 16.5. The maximum Gasteiger partial charge on any atom is 0.494 e. The minimum absolute atomic E-state index is 0.330. The van der Waals surface area contributed by atoms with Crippen molar-refractivity contribution in [3.63, 3.8) is 0 Å². The lowest BCUT2D eigenvalue weighted by Gasteiger charge is -2.32. The topological polar surface area (TPSA) is 43.2 Å². The second-order valence-corrected chi connectivity index (χ2v) is 6.72. The zero-order valence-electron chi connectivity index (χ0n) is 14.0. The minimum Gasteiger partial charge on any atom is -0.399 e. The van der Waals surface area contributed by atoms with Crippen molar-refractivity contribution in [2.45, 2.75) is 38.9 Å². The molecule has 0 aliphatic carbocycles. The van der Waals surface area contributed by atoms with Gasteiger partial charge in [-0.05, 0) is 57.4 Å². The molecule has 0 N–H and O–H groups in total. The van der Waals surface area contributed by atoms with Crippen molar-refractivity contribution < 1.29 is 9.31 Å². The third-order valence-electron chi connectivity index (χ3n) is 4.46. The molecular weight excluding hydrogens is 287 g/mol. The van der Waals surface area contributed by atoms with E-state index in [1.165, 1.54) is 0 Å². The van der Waals surface area contributed by atoms with Gasteiger partial charge in [0.05, 0.1) is 22.6 Å². The smallest absolute Gasteiger partial charge is 0.399 e. The Labute approximate surface area is 137 Å². The molecule has 1 saturated heterocycles. The first-order valence-electron chi connectivity index (χ1n) is 7.80. The van der Waals surface area contributed by atoms with Crippen LogP contribution in [0.5, 0.6) is 0 Å². The van der Waals surface area contributed by atoms with Crippen molar-refractivity contribution in [3.8, 4) is 0 Å². The number of benzene rings is 2. The molecule has 0 bridgehead atoms. The van der Waals surface area contributed by atoms with Crippen molar-refractivity contribution in [2.75, 3.05) is 0 Å². The van der Waals surface area contributed by atoms with Crippen molar-refractivity contribution >= 4 is 24.0 Å². The number of hydrogen-bond acceptors (Lipinski definition) is 4. The molecule has 0 unspecified atom stereocenters. The van der Waals surface area contributed by atoms with E-state index in [1.807, 2.05) is 54.6 Å². The fraction of sp³-hybridized carbons (Fsp3) is 0.333. The normalized spacial score (nSPS) is 19.4. The van der Waals surface area contributed by atoms with Crippen LogP contribution in [0.3, 0.4) is 0 Å². The van der Waals surface area contributed by atoms with Crippen LogP contribution in [0.4, 0.5) is 11.4 Å². The Morgan fingerprint density at radius 1 is 0.696 bits per heavy atom. The molecule has 0 radical (unpaired) electrons. The second-order valence-electron chi connectivity index (χ2n) is 6.72. The van der Waals surface area contributed by atoms with Gasteiger partial charge in [-0.15, -0.1) is 0 Å². The fourth-order valence-electron chi connectivity index (χ4n) is 2.29. The first-order chi connectivity index (χ1) is 10.9. The van der Waals surface area contributed by atoms with Crippen molar-refractivity contribution in [2.24, 2.45) is 10.2 Å². The highest BCUT2D eigenvalue weighted by atomic mass is 16.7. The van der Waals surface area contributed by atoms with Crippen LogP contribution in [0.25, 0.3) is 0 Å². The Morgan fingerprint density at radius 3 is 1.70 bits per heavy atom. The largest absolute Gasteiger partial charge is 0.494 e. The van der Waals surface area contributed by atoms with Gasteiger partial charge in [-0.25, -0.2) is 0 Å². The average molecular weight is 308 g/mol. The van der Waals surface area contributed by atoms with Gasteiger partial charge in [0.1, 0.15) is 0 Å². The van der Waals surface area contributed by atoms with E-state index in [0.717, 1.165) is 16.8 Å². The molecule has 3 rings (SSSR count). The van der Waals surface area contributed by atoms with E-state index < -0.39 is 0 Å². The Kier molecular flexibility index (Phi) is 4.09. The van der Waals surface area contributed by atoms with Crippen LogP contribution in [0.15, 0.2) is 64.8 Å². The molecule has 2 aromatic carbocycles. The third kappa shape index (κ3) is 3.36. The van der Waals surface area contributed by atoms with Crippen LogP contribution in [0.2, 0.25) is 0 Å². The molecule has 4 nitrogen and oxygen atoms in total. The second kappa shape index (κ2) is 5.91. The maximum atomic E-state index is 6.04. The van der Waals surface area contributed by atoms with Gasteiger partial charge in [-0.2, -0.15) is 10.2 Å². The highest BCUT2D eigenvalue weighted by molar-refractivity contribution is 6.62. The molecule has 0 aromatic heterocycles. The number of rotatable bonds is 3. The lowest BCUT2D eigenvalue weighted by molar-refractivity contribution is 0.00578. The number of nitrogens with zero attached hydrogens (tertiary/aromatic N) is 2. The molecule has 2 aromatic rings. The Hall–Kier alpha value is -1.98. The molecule has 23 heavy (non-hydrogen) atoms. The van der Waals surface area contributed by atoms with Gasteiger partial charge in [0.2, 0.25) is 0 Å². The van der Waals surface area contributed by atoms with E-state index >= 15 is 0 Å². The van der Waals surface area contributed by atoms with Crippen LogP contribution in [0, 0.1) is 0 Å². The predicted octanol–water partition coefficient (Wildman–Crippen LogP) is 4.40. The summed E-state index contributed by atoms with van der Waals surface area (Å²) in [5.74, 6) is 0. The van der Waals surface area contributed by atoms with Crippen molar-refractivity contribution in [1.29, 1.82) is 0 Å². The molecule has 0 atom stereocenters. The fourth-order valence-corrected chi connectivity index (χ4v) is 2.29. The molecule has 1 aliphatic heterocycles. The lowest BCUT2D eigenvalue weighted by Crippen LogP contribution is -2.41. The van der Waals surface area contributed by atoms with Crippen LogP contribution < -0.4 is 5.46 Å². The van der Waals surface area contributed by atoms with Gasteiger partial charge < -0.3 is 9.31 Å². The Bertz CT molecular complexity index is 681. The Balaban J connectivity index is 1.72. The highest BCUT2D eigenvalue weighted by Crippen LogP contribution is 2.36. The summed E-state index contributed by atoms with van der Waals surface area (Å²) in [6.45, 7) is 8.20. The maximum absolute atomic E-state index is 6.04. The van der Waals surface area contributed by atoms with E-state index in [4.69, 9.17) is 9.31 Å². The summed E-state index contributed by atoms with van der Waals surface area (Å²) >= 11 is 0. The van der Waals surface area contributed by atoms with Gasteiger partial charge in [0, 0.05) is 0 Å². The van der Waals surface area contributed by atoms with Crippen molar-refractivity contribution in [3.05, 3.63) is 54.6 Å². The SMILES string of the molecule is CC1(C)OB(c2ccc(N=Nc3ccccc3)cc2)OC1(C)C. The average Bonchev–Trinajstić information content (AvgIpc) is 2.75. The van der Waals surface area contributed by atoms with E-state index in [-0.39, 0.29) is 18.3 Å². The zero-order valence-corrected chi connectivity index (χ0v) is 14.0. The summed E-state index contributed by atoms with van der Waals surface area (Å²) in [5, 5.41) is 8.46. The van der Waals surface area contributed by atoms with Crippen molar-refractivity contribution in [1.82, 2.24) is 0 Å². The lowest BCUT2D eigenvalue weighted by atomic mass is 9.79. The van der Waals surface area contributed by atoms with E-state index in [1.54, 1.807) is 0 Å². The van der Waals surface area contributed by atoms with Crippen LogP contribution in [0.1, 0.15) is 27.7 Å². The van der Waals surface area contributed by atoms with E-state index in [9.17, 15) is 0 Å². The minimum atomic E-state index is -0.347. The van der Waals surface area contributed by atoms with Gasteiger partial charge >= 0.3 is 7.12 Å². The van der Waals surface area contributed by atoms with Crippen LogP contribution in [-0.4, -0.2) is 18.3 Å². The monoisotopic (exact) mass is 308 g/mol. The molecule has 0 saturated carbocycles.